The van der Waals surface area contributed by atoms with E-state index in [2.05, 4.69) is 17.1 Å². The molecule has 2 nitrogen and oxygen atoms in total. The third kappa shape index (κ3) is 2.75. The molecule has 1 saturated heterocycles. The maximum absolute atomic E-state index is 12.6. The first-order valence-electron chi connectivity index (χ1n) is 6.81. The van der Waals surface area contributed by atoms with Crippen LogP contribution in [0.4, 0.5) is 4.39 Å². The van der Waals surface area contributed by atoms with Crippen LogP contribution in [0, 0.1) is 0 Å². The number of halogens is 1. The molecule has 1 N–H and O–H groups in total. The average Bonchev–Trinajstić information content (AvgIpc) is 2.42. The maximum atomic E-state index is 12.6. The molecular formula is C13H25FN2. The number of rotatable bonds is 2. The van der Waals surface area contributed by atoms with Gasteiger partial charge in [0.2, 0.25) is 0 Å². The first-order chi connectivity index (χ1) is 7.76. The summed E-state index contributed by atoms with van der Waals surface area (Å²) in [7, 11) is 0. The van der Waals surface area contributed by atoms with Crippen molar-refractivity contribution in [2.45, 2.75) is 57.0 Å². The van der Waals surface area contributed by atoms with Crippen LogP contribution in [0.5, 0.6) is 0 Å². The smallest absolute Gasteiger partial charge is 0.102 e. The fourth-order valence-corrected chi connectivity index (χ4v) is 3.30. The van der Waals surface area contributed by atoms with E-state index >= 15 is 0 Å². The fourth-order valence-electron chi connectivity index (χ4n) is 3.30. The molecule has 1 aliphatic heterocycles. The van der Waals surface area contributed by atoms with Crippen molar-refractivity contribution in [1.29, 1.82) is 0 Å². The van der Waals surface area contributed by atoms with Crippen molar-refractivity contribution < 1.29 is 4.39 Å². The van der Waals surface area contributed by atoms with Crippen LogP contribution in [0.25, 0.3) is 0 Å². The van der Waals surface area contributed by atoms with Crippen molar-refractivity contribution in [3.05, 3.63) is 0 Å². The van der Waals surface area contributed by atoms with Gasteiger partial charge in [-0.3, -0.25) is 4.90 Å². The van der Waals surface area contributed by atoms with Crippen LogP contribution in [0.1, 0.15) is 45.4 Å². The van der Waals surface area contributed by atoms with Crippen molar-refractivity contribution in [1.82, 2.24) is 10.2 Å². The second-order valence-electron chi connectivity index (χ2n) is 5.56. The second kappa shape index (κ2) is 5.46. The highest BCUT2D eigenvalue weighted by Crippen LogP contribution is 2.31. The minimum absolute atomic E-state index is 0.208. The minimum atomic E-state index is -0.208. The summed E-state index contributed by atoms with van der Waals surface area (Å²) in [5, 5.41) is 3.75. The summed E-state index contributed by atoms with van der Waals surface area (Å²) in [5.74, 6) is 0. The van der Waals surface area contributed by atoms with Crippen LogP contribution < -0.4 is 5.32 Å². The Kier molecular flexibility index (Phi) is 4.20. The van der Waals surface area contributed by atoms with Crippen molar-refractivity contribution in [3.63, 3.8) is 0 Å². The topological polar surface area (TPSA) is 15.3 Å². The monoisotopic (exact) mass is 228 g/mol. The summed E-state index contributed by atoms with van der Waals surface area (Å²) in [4.78, 5) is 2.35. The molecule has 1 unspecified atom stereocenters. The van der Waals surface area contributed by atoms with Gasteiger partial charge in [-0.1, -0.05) is 19.3 Å². The molecule has 2 aliphatic rings. The number of hydrogen-bond donors (Lipinski definition) is 1. The molecule has 1 aliphatic carbocycles. The van der Waals surface area contributed by atoms with E-state index in [1.54, 1.807) is 0 Å². The Hall–Kier alpha value is -0.150. The van der Waals surface area contributed by atoms with Gasteiger partial charge in [-0.2, -0.15) is 0 Å². The van der Waals surface area contributed by atoms with E-state index in [0.717, 1.165) is 19.5 Å². The molecule has 2 rings (SSSR count). The molecule has 1 spiro atoms. The Morgan fingerprint density at radius 2 is 2.06 bits per heavy atom. The Balaban J connectivity index is 2.02. The van der Waals surface area contributed by atoms with E-state index in [0.29, 0.717) is 18.1 Å². The summed E-state index contributed by atoms with van der Waals surface area (Å²) in [5.41, 5.74) is 0.304. The summed E-state index contributed by atoms with van der Waals surface area (Å²) in [6, 6.07) is 0.532. The summed E-state index contributed by atoms with van der Waals surface area (Å²) in [6.45, 7) is 4.80. The van der Waals surface area contributed by atoms with Crippen LogP contribution in [-0.2, 0) is 0 Å². The lowest BCUT2D eigenvalue weighted by atomic mass is 9.81. The fraction of sp³-hybridized carbons (Fsp3) is 1.00. The van der Waals surface area contributed by atoms with Gasteiger partial charge in [0.15, 0.2) is 0 Å². The summed E-state index contributed by atoms with van der Waals surface area (Å²) < 4.78 is 12.6. The predicted molar refractivity (Wildman–Crippen MR) is 65.4 cm³/mol. The largest absolute Gasteiger partial charge is 0.310 e. The molecule has 0 aromatic carbocycles. The number of nitrogens with zero attached hydrogens (tertiary/aromatic N) is 1. The second-order valence-corrected chi connectivity index (χ2v) is 5.56. The molecule has 0 amide bonds. The molecule has 0 aromatic rings. The lowest BCUT2D eigenvalue weighted by Gasteiger charge is -2.40. The van der Waals surface area contributed by atoms with Crippen molar-refractivity contribution in [2.24, 2.45) is 0 Å². The SMILES string of the molecule is CC1CCNC2(CCCCC2)CN1CCF. The highest BCUT2D eigenvalue weighted by atomic mass is 19.1. The zero-order chi connectivity index (χ0) is 11.4. The van der Waals surface area contributed by atoms with E-state index in [-0.39, 0.29) is 6.67 Å². The van der Waals surface area contributed by atoms with Crippen molar-refractivity contribution >= 4 is 0 Å². The maximum Gasteiger partial charge on any atom is 0.102 e. The zero-order valence-corrected chi connectivity index (χ0v) is 10.5. The molecule has 1 heterocycles. The van der Waals surface area contributed by atoms with Gasteiger partial charge in [0, 0.05) is 24.7 Å². The van der Waals surface area contributed by atoms with Gasteiger partial charge >= 0.3 is 0 Å². The molecule has 1 atom stereocenters. The number of hydrogen-bond acceptors (Lipinski definition) is 2. The summed E-state index contributed by atoms with van der Waals surface area (Å²) in [6.07, 6.45) is 7.77. The van der Waals surface area contributed by atoms with Gasteiger partial charge in [-0.15, -0.1) is 0 Å². The number of alkyl halides is 1. The molecule has 0 bridgehead atoms. The number of nitrogens with one attached hydrogen (secondary N) is 1. The van der Waals surface area contributed by atoms with Gasteiger partial charge in [0.05, 0.1) is 0 Å². The van der Waals surface area contributed by atoms with Gasteiger partial charge in [0.1, 0.15) is 6.67 Å². The quantitative estimate of drug-likeness (QED) is 0.780. The lowest BCUT2D eigenvalue weighted by Crippen LogP contribution is -2.53. The molecule has 94 valence electrons. The molecule has 3 heteroatoms. The van der Waals surface area contributed by atoms with E-state index < -0.39 is 0 Å². The Bertz CT molecular complexity index is 214. The standard InChI is InChI=1S/C13H25FN2/c1-12-5-9-15-13(6-3-2-4-7-13)11-16(12)10-8-14/h12,15H,2-11H2,1H3. The van der Waals surface area contributed by atoms with E-state index in [1.807, 2.05) is 0 Å². The molecule has 1 saturated carbocycles. The third-order valence-corrected chi connectivity index (χ3v) is 4.37. The molecule has 0 aromatic heterocycles. The molecule has 2 fully saturated rings. The van der Waals surface area contributed by atoms with Crippen LogP contribution >= 0.6 is 0 Å². The van der Waals surface area contributed by atoms with Crippen LogP contribution in [0.3, 0.4) is 0 Å². The first kappa shape index (κ1) is 12.3. The van der Waals surface area contributed by atoms with E-state index in [4.69, 9.17) is 0 Å². The Labute approximate surface area is 98.6 Å². The third-order valence-electron chi connectivity index (χ3n) is 4.37. The zero-order valence-electron chi connectivity index (χ0n) is 10.5. The van der Waals surface area contributed by atoms with Gasteiger partial charge in [-0.05, 0) is 32.7 Å². The molecule has 0 radical (unpaired) electrons. The van der Waals surface area contributed by atoms with Crippen LogP contribution in [0.2, 0.25) is 0 Å². The van der Waals surface area contributed by atoms with Crippen LogP contribution in [0.15, 0.2) is 0 Å². The first-order valence-corrected chi connectivity index (χ1v) is 6.81. The lowest BCUT2D eigenvalue weighted by molar-refractivity contribution is 0.130. The van der Waals surface area contributed by atoms with Gasteiger partial charge < -0.3 is 5.32 Å². The molecular weight excluding hydrogens is 203 g/mol. The van der Waals surface area contributed by atoms with Crippen LogP contribution in [-0.4, -0.2) is 42.8 Å². The minimum Gasteiger partial charge on any atom is -0.310 e. The highest BCUT2D eigenvalue weighted by molar-refractivity contribution is 4.96. The van der Waals surface area contributed by atoms with Crippen molar-refractivity contribution in [3.8, 4) is 0 Å². The predicted octanol–water partition coefficient (Wildman–Crippen LogP) is 2.34. The van der Waals surface area contributed by atoms with Gasteiger partial charge in [-0.25, -0.2) is 4.39 Å². The normalized spacial score (nSPS) is 31.5. The van der Waals surface area contributed by atoms with E-state index in [1.165, 1.54) is 32.1 Å². The average molecular weight is 228 g/mol. The Morgan fingerprint density at radius 1 is 1.31 bits per heavy atom. The van der Waals surface area contributed by atoms with Crippen molar-refractivity contribution in [2.75, 3.05) is 26.3 Å². The molecule has 16 heavy (non-hydrogen) atoms. The van der Waals surface area contributed by atoms with Gasteiger partial charge in [0.25, 0.3) is 0 Å². The van der Waals surface area contributed by atoms with E-state index in [9.17, 15) is 4.39 Å². The summed E-state index contributed by atoms with van der Waals surface area (Å²) >= 11 is 0. The highest BCUT2D eigenvalue weighted by Gasteiger charge is 2.36. The Morgan fingerprint density at radius 3 is 2.75 bits per heavy atom.